The average Bonchev–Trinajstić information content (AvgIpc) is 3.15. The van der Waals surface area contributed by atoms with Gasteiger partial charge in [-0.05, 0) is 50.2 Å². The molecule has 4 rings (SSSR count). The molecule has 0 atom stereocenters. The second-order valence-electron chi connectivity index (χ2n) is 6.99. The van der Waals surface area contributed by atoms with Crippen LogP contribution in [0.5, 0.6) is 5.75 Å². The van der Waals surface area contributed by atoms with Gasteiger partial charge in [0.25, 0.3) is 5.56 Å². The normalized spacial score (nSPS) is 11.0. The number of fused-ring (bicyclic) bond motifs is 1. The number of aromatic nitrogens is 4. The Bertz CT molecular complexity index is 1410. The first kappa shape index (κ1) is 21.9. The highest BCUT2D eigenvalue weighted by Gasteiger charge is 2.19. The molecule has 32 heavy (non-hydrogen) atoms. The van der Waals surface area contributed by atoms with Crippen LogP contribution in [-0.4, -0.2) is 38.9 Å². The number of benzene rings is 1. The molecule has 0 fully saturated rings. The van der Waals surface area contributed by atoms with E-state index in [-0.39, 0.29) is 12.2 Å². The molecule has 0 saturated heterocycles. The zero-order valence-electron chi connectivity index (χ0n) is 17.4. The predicted octanol–water partition coefficient (Wildman–Crippen LogP) is 4.02. The quantitative estimate of drug-likeness (QED) is 0.407. The van der Waals surface area contributed by atoms with Crippen LogP contribution < -0.4 is 10.3 Å². The number of methoxy groups -OCH3 is 1. The standard InChI is InChI=1S/C22H18Cl2N4O4/c1-12-9-17(26-28(12)14-6-7-15(23)16(24)10-14)20-13(2)25-21-18(32-11-19(29)31-3)5-4-8-27(21)22(20)30/h4-10H,11H2,1-3H3. The topological polar surface area (TPSA) is 87.7 Å². The lowest BCUT2D eigenvalue weighted by Gasteiger charge is -2.11. The van der Waals surface area contributed by atoms with E-state index in [1.165, 1.54) is 11.5 Å². The lowest BCUT2D eigenvalue weighted by molar-refractivity contribution is -0.142. The van der Waals surface area contributed by atoms with E-state index in [0.717, 1.165) is 5.69 Å². The summed E-state index contributed by atoms with van der Waals surface area (Å²) in [5, 5.41) is 5.46. The van der Waals surface area contributed by atoms with Gasteiger partial charge in [-0.3, -0.25) is 9.20 Å². The molecular weight excluding hydrogens is 455 g/mol. The number of halogens is 2. The van der Waals surface area contributed by atoms with E-state index < -0.39 is 5.97 Å². The number of carbonyl (C=O) groups excluding carboxylic acids is 1. The van der Waals surface area contributed by atoms with Gasteiger partial charge in [0.15, 0.2) is 18.0 Å². The minimum Gasteiger partial charge on any atom is -0.478 e. The third-order valence-electron chi connectivity index (χ3n) is 4.86. The summed E-state index contributed by atoms with van der Waals surface area (Å²) in [5.41, 5.74) is 2.81. The van der Waals surface area contributed by atoms with Crippen molar-refractivity contribution in [3.05, 3.63) is 74.4 Å². The third-order valence-corrected chi connectivity index (χ3v) is 5.60. The predicted molar refractivity (Wildman–Crippen MR) is 121 cm³/mol. The number of rotatable bonds is 5. The fourth-order valence-corrected chi connectivity index (χ4v) is 3.61. The second kappa shape index (κ2) is 8.64. The minimum absolute atomic E-state index is 0.292. The molecule has 0 radical (unpaired) electrons. The van der Waals surface area contributed by atoms with Crippen molar-refractivity contribution in [2.45, 2.75) is 13.8 Å². The maximum absolute atomic E-state index is 13.3. The molecule has 0 amide bonds. The Morgan fingerprint density at radius 1 is 1.12 bits per heavy atom. The molecule has 0 bridgehead atoms. The molecule has 8 nitrogen and oxygen atoms in total. The van der Waals surface area contributed by atoms with Gasteiger partial charge in [-0.2, -0.15) is 5.10 Å². The lowest BCUT2D eigenvalue weighted by atomic mass is 10.1. The van der Waals surface area contributed by atoms with Gasteiger partial charge in [0.2, 0.25) is 0 Å². The van der Waals surface area contributed by atoms with Crippen LogP contribution in [0.15, 0.2) is 47.4 Å². The average molecular weight is 473 g/mol. The summed E-state index contributed by atoms with van der Waals surface area (Å²) in [6.07, 6.45) is 1.58. The van der Waals surface area contributed by atoms with E-state index in [0.29, 0.717) is 44.1 Å². The largest absolute Gasteiger partial charge is 0.478 e. The van der Waals surface area contributed by atoms with E-state index in [1.807, 2.05) is 6.92 Å². The minimum atomic E-state index is -0.536. The molecule has 0 aliphatic carbocycles. The third kappa shape index (κ3) is 3.94. The van der Waals surface area contributed by atoms with Crippen LogP contribution in [0.2, 0.25) is 10.0 Å². The molecule has 0 N–H and O–H groups in total. The fraction of sp³-hybridized carbons (Fsp3) is 0.182. The number of carbonyl (C=O) groups is 1. The number of hydrogen-bond acceptors (Lipinski definition) is 6. The number of pyridine rings is 1. The van der Waals surface area contributed by atoms with Gasteiger partial charge in [0.1, 0.15) is 5.69 Å². The van der Waals surface area contributed by atoms with Crippen LogP contribution in [0.1, 0.15) is 11.4 Å². The Hall–Kier alpha value is -3.36. The highest BCUT2D eigenvalue weighted by molar-refractivity contribution is 6.42. The molecule has 4 aromatic rings. The molecule has 10 heteroatoms. The van der Waals surface area contributed by atoms with Crippen molar-refractivity contribution < 1.29 is 14.3 Å². The first-order chi connectivity index (χ1) is 15.3. The zero-order chi connectivity index (χ0) is 23.0. The highest BCUT2D eigenvalue weighted by Crippen LogP contribution is 2.27. The number of hydrogen-bond donors (Lipinski definition) is 0. The molecule has 0 aliphatic heterocycles. The zero-order valence-corrected chi connectivity index (χ0v) is 18.9. The molecule has 1 aromatic carbocycles. The van der Waals surface area contributed by atoms with Gasteiger partial charge in [-0.1, -0.05) is 23.2 Å². The van der Waals surface area contributed by atoms with Crippen molar-refractivity contribution in [3.63, 3.8) is 0 Å². The van der Waals surface area contributed by atoms with Gasteiger partial charge in [-0.25, -0.2) is 14.5 Å². The second-order valence-corrected chi connectivity index (χ2v) is 7.80. The Kier molecular flexibility index (Phi) is 5.90. The van der Waals surface area contributed by atoms with Gasteiger partial charge >= 0.3 is 5.97 Å². The Balaban J connectivity index is 1.81. The number of ether oxygens (including phenoxy) is 2. The summed E-state index contributed by atoms with van der Waals surface area (Å²) in [6.45, 7) is 3.31. The summed E-state index contributed by atoms with van der Waals surface area (Å²) < 4.78 is 13.1. The SMILES string of the molecule is COC(=O)COc1cccn2c(=O)c(-c3cc(C)n(-c4ccc(Cl)c(Cl)c4)n3)c(C)nc12. The van der Waals surface area contributed by atoms with Gasteiger partial charge in [0, 0.05) is 11.9 Å². The van der Waals surface area contributed by atoms with Crippen molar-refractivity contribution in [1.82, 2.24) is 19.2 Å². The van der Waals surface area contributed by atoms with E-state index in [9.17, 15) is 9.59 Å². The van der Waals surface area contributed by atoms with Gasteiger partial charge in [0.05, 0.1) is 34.1 Å². The van der Waals surface area contributed by atoms with Gasteiger partial charge in [-0.15, -0.1) is 0 Å². The molecule has 0 aliphatic rings. The Labute approximate surface area is 192 Å². The van der Waals surface area contributed by atoms with Crippen molar-refractivity contribution >= 4 is 34.8 Å². The van der Waals surface area contributed by atoms with E-state index in [2.05, 4.69) is 14.8 Å². The molecule has 0 saturated carbocycles. The molecule has 164 valence electrons. The number of esters is 1. The van der Waals surface area contributed by atoms with E-state index in [1.54, 1.807) is 54.2 Å². The summed E-state index contributed by atoms with van der Waals surface area (Å²) in [6, 6.07) is 10.3. The smallest absolute Gasteiger partial charge is 0.343 e. The van der Waals surface area contributed by atoms with E-state index in [4.69, 9.17) is 27.9 Å². The van der Waals surface area contributed by atoms with Crippen LogP contribution in [0, 0.1) is 13.8 Å². The van der Waals surface area contributed by atoms with Crippen molar-refractivity contribution in [2.24, 2.45) is 0 Å². The Morgan fingerprint density at radius 3 is 2.62 bits per heavy atom. The molecule has 0 spiro atoms. The number of nitrogens with zero attached hydrogens (tertiary/aromatic N) is 4. The summed E-state index contributed by atoms with van der Waals surface area (Å²) >= 11 is 12.2. The molecular formula is C22H18Cl2N4O4. The number of aryl methyl sites for hydroxylation is 2. The van der Waals surface area contributed by atoms with Crippen molar-refractivity contribution in [1.29, 1.82) is 0 Å². The molecule has 0 unspecified atom stereocenters. The summed E-state index contributed by atoms with van der Waals surface area (Å²) in [4.78, 5) is 29.3. The van der Waals surface area contributed by atoms with Crippen LogP contribution >= 0.6 is 23.2 Å². The monoisotopic (exact) mass is 472 g/mol. The summed E-state index contributed by atoms with van der Waals surface area (Å²) in [5.74, 6) is -0.242. The first-order valence-corrected chi connectivity index (χ1v) is 10.3. The fourth-order valence-electron chi connectivity index (χ4n) is 3.32. The van der Waals surface area contributed by atoms with Crippen LogP contribution in [0.25, 0.3) is 22.6 Å². The van der Waals surface area contributed by atoms with Crippen LogP contribution in [-0.2, 0) is 9.53 Å². The van der Waals surface area contributed by atoms with Crippen LogP contribution in [0.3, 0.4) is 0 Å². The van der Waals surface area contributed by atoms with Crippen LogP contribution in [0.4, 0.5) is 0 Å². The van der Waals surface area contributed by atoms with E-state index >= 15 is 0 Å². The van der Waals surface area contributed by atoms with Gasteiger partial charge < -0.3 is 9.47 Å². The van der Waals surface area contributed by atoms with Crippen molar-refractivity contribution in [3.8, 4) is 22.7 Å². The van der Waals surface area contributed by atoms with Crippen molar-refractivity contribution in [2.75, 3.05) is 13.7 Å². The maximum Gasteiger partial charge on any atom is 0.343 e. The summed E-state index contributed by atoms with van der Waals surface area (Å²) in [7, 11) is 1.27. The molecule has 3 heterocycles. The maximum atomic E-state index is 13.3. The lowest BCUT2D eigenvalue weighted by Crippen LogP contribution is -2.20. The first-order valence-electron chi connectivity index (χ1n) is 9.54. The molecule has 3 aromatic heterocycles. The Morgan fingerprint density at radius 2 is 1.91 bits per heavy atom. The highest BCUT2D eigenvalue weighted by atomic mass is 35.5.